The summed E-state index contributed by atoms with van der Waals surface area (Å²) in [5.74, 6) is 0.526. The number of hydrogen-bond acceptors (Lipinski definition) is 7. The van der Waals surface area contributed by atoms with E-state index >= 15 is 0 Å². The van der Waals surface area contributed by atoms with Gasteiger partial charge in [-0.25, -0.2) is 0 Å². The predicted octanol–water partition coefficient (Wildman–Crippen LogP) is 4.09. The van der Waals surface area contributed by atoms with Gasteiger partial charge in [-0.1, -0.05) is 56.0 Å². The average Bonchev–Trinajstić information content (AvgIpc) is 3.36. The Labute approximate surface area is 177 Å². The lowest BCUT2D eigenvalue weighted by Crippen LogP contribution is -2.24. The number of benzene rings is 1. The fourth-order valence-electron chi connectivity index (χ4n) is 2.39. The molecule has 2 amide bonds. The van der Waals surface area contributed by atoms with Gasteiger partial charge in [0, 0.05) is 5.56 Å². The molecule has 0 fully saturated rings. The summed E-state index contributed by atoms with van der Waals surface area (Å²) in [5.41, 5.74) is 1.75. The summed E-state index contributed by atoms with van der Waals surface area (Å²) in [6.45, 7) is 6.72. The lowest BCUT2D eigenvalue weighted by Gasteiger charge is -2.18. The molecule has 0 aliphatic heterocycles. The molecule has 3 rings (SSSR count). The maximum atomic E-state index is 12.4. The minimum atomic E-state index is -0.241. The highest BCUT2D eigenvalue weighted by atomic mass is 32.2. The summed E-state index contributed by atoms with van der Waals surface area (Å²) < 4.78 is 5.77. The van der Waals surface area contributed by atoms with Crippen LogP contribution < -0.4 is 10.6 Å². The number of aromatic nitrogens is 2. The number of amides is 2. The summed E-state index contributed by atoms with van der Waals surface area (Å²) in [4.78, 5) is 24.3. The Morgan fingerprint density at radius 3 is 2.55 bits per heavy atom. The molecule has 152 valence electrons. The monoisotopic (exact) mass is 430 g/mol. The number of nitrogens with zero attached hydrogens (tertiary/aromatic N) is 2. The van der Waals surface area contributed by atoms with Gasteiger partial charge < -0.3 is 9.73 Å². The third kappa shape index (κ3) is 6.16. The van der Waals surface area contributed by atoms with E-state index in [0.29, 0.717) is 27.3 Å². The van der Waals surface area contributed by atoms with Crippen molar-refractivity contribution in [1.82, 2.24) is 15.5 Å². The third-order valence-corrected chi connectivity index (χ3v) is 5.98. The summed E-state index contributed by atoms with van der Waals surface area (Å²) in [6, 6.07) is 11.1. The molecule has 29 heavy (non-hydrogen) atoms. The molecule has 2 N–H and O–H groups in total. The predicted molar refractivity (Wildman–Crippen MR) is 114 cm³/mol. The highest BCUT2D eigenvalue weighted by molar-refractivity contribution is 8.01. The van der Waals surface area contributed by atoms with E-state index in [2.05, 4.69) is 41.6 Å². The van der Waals surface area contributed by atoms with E-state index in [1.807, 2.05) is 12.1 Å². The Morgan fingerprint density at radius 1 is 1.14 bits per heavy atom. The second kappa shape index (κ2) is 9.23. The highest BCUT2D eigenvalue weighted by Gasteiger charge is 2.15. The van der Waals surface area contributed by atoms with Gasteiger partial charge in [-0.2, -0.15) is 0 Å². The topological polar surface area (TPSA) is 97.1 Å². The Morgan fingerprint density at radius 2 is 1.90 bits per heavy atom. The van der Waals surface area contributed by atoms with Gasteiger partial charge in [-0.3, -0.25) is 14.9 Å². The molecule has 0 radical (unpaired) electrons. The van der Waals surface area contributed by atoms with E-state index < -0.39 is 0 Å². The first-order valence-electron chi connectivity index (χ1n) is 8.98. The lowest BCUT2D eigenvalue weighted by atomic mass is 9.87. The lowest BCUT2D eigenvalue weighted by molar-refractivity contribution is -0.118. The molecule has 0 spiro atoms. The van der Waals surface area contributed by atoms with Gasteiger partial charge in [0.2, 0.25) is 11.0 Å². The largest absolute Gasteiger partial charge is 0.467 e. The first-order valence-corrected chi connectivity index (χ1v) is 10.8. The first kappa shape index (κ1) is 21.1. The molecule has 2 aromatic heterocycles. The SMILES string of the molecule is CC(C)(C)c1ccc(C(=O)Nc2nnc(SCC(=O)NCc3ccco3)s2)cc1. The van der Waals surface area contributed by atoms with E-state index in [0.717, 1.165) is 5.56 Å². The Balaban J connectivity index is 1.48. The number of nitrogens with one attached hydrogen (secondary N) is 2. The molecule has 0 unspecified atom stereocenters. The molecule has 0 saturated carbocycles. The molecule has 7 nitrogen and oxygen atoms in total. The zero-order valence-electron chi connectivity index (χ0n) is 16.4. The number of thioether (sulfide) groups is 1. The van der Waals surface area contributed by atoms with Gasteiger partial charge in [-0.05, 0) is 35.2 Å². The zero-order chi connectivity index (χ0) is 20.9. The summed E-state index contributed by atoms with van der Waals surface area (Å²) >= 11 is 2.50. The third-order valence-electron chi connectivity index (χ3n) is 4.01. The second-order valence-electron chi connectivity index (χ2n) is 7.30. The van der Waals surface area contributed by atoms with Crippen molar-refractivity contribution < 1.29 is 14.0 Å². The molecule has 2 heterocycles. The van der Waals surface area contributed by atoms with Crippen LogP contribution in [0.3, 0.4) is 0 Å². The molecule has 9 heteroatoms. The van der Waals surface area contributed by atoms with Crippen LogP contribution in [0.15, 0.2) is 51.4 Å². The number of furan rings is 1. The summed E-state index contributed by atoms with van der Waals surface area (Å²) in [6.07, 6.45) is 1.56. The van der Waals surface area contributed by atoms with Crippen molar-refractivity contribution in [2.24, 2.45) is 0 Å². The zero-order valence-corrected chi connectivity index (χ0v) is 18.0. The minimum absolute atomic E-state index is 0.0323. The van der Waals surface area contributed by atoms with Gasteiger partial charge in [-0.15, -0.1) is 10.2 Å². The maximum Gasteiger partial charge on any atom is 0.257 e. The Hall–Kier alpha value is -2.65. The van der Waals surface area contributed by atoms with E-state index in [4.69, 9.17) is 4.42 Å². The Kier molecular flexibility index (Phi) is 6.71. The van der Waals surface area contributed by atoms with Crippen molar-refractivity contribution in [1.29, 1.82) is 0 Å². The van der Waals surface area contributed by atoms with E-state index in [1.165, 1.54) is 23.1 Å². The fraction of sp³-hybridized carbons (Fsp3) is 0.300. The molecular weight excluding hydrogens is 408 g/mol. The molecule has 0 atom stereocenters. The van der Waals surface area contributed by atoms with Crippen molar-refractivity contribution >= 4 is 40.0 Å². The molecule has 0 saturated heterocycles. The fourth-order valence-corrected chi connectivity index (χ4v) is 3.96. The van der Waals surface area contributed by atoms with Crippen molar-refractivity contribution in [2.75, 3.05) is 11.1 Å². The van der Waals surface area contributed by atoms with Gasteiger partial charge in [0.15, 0.2) is 4.34 Å². The van der Waals surface area contributed by atoms with Crippen LogP contribution in [0.25, 0.3) is 0 Å². The standard InChI is InChI=1S/C20H22N4O3S2/c1-20(2,3)14-8-6-13(7-9-14)17(26)22-18-23-24-19(29-18)28-12-16(25)21-11-15-5-4-10-27-15/h4-10H,11-12H2,1-3H3,(H,21,25)(H,22,23,26). The van der Waals surface area contributed by atoms with Gasteiger partial charge >= 0.3 is 0 Å². The summed E-state index contributed by atoms with van der Waals surface area (Å²) in [5, 5.41) is 13.9. The molecule has 0 bridgehead atoms. The molecular formula is C20H22N4O3S2. The minimum Gasteiger partial charge on any atom is -0.467 e. The van der Waals surface area contributed by atoms with Crippen molar-refractivity contribution in [3.8, 4) is 0 Å². The smallest absolute Gasteiger partial charge is 0.257 e. The van der Waals surface area contributed by atoms with Crippen molar-refractivity contribution in [3.63, 3.8) is 0 Å². The van der Waals surface area contributed by atoms with Gasteiger partial charge in [0.05, 0.1) is 18.6 Å². The normalized spacial score (nSPS) is 11.3. The van der Waals surface area contributed by atoms with Crippen LogP contribution in [0.5, 0.6) is 0 Å². The van der Waals surface area contributed by atoms with Crippen LogP contribution in [-0.4, -0.2) is 27.8 Å². The van der Waals surface area contributed by atoms with Crippen LogP contribution >= 0.6 is 23.1 Å². The number of anilines is 1. The van der Waals surface area contributed by atoms with Crippen LogP contribution in [0.2, 0.25) is 0 Å². The first-order chi connectivity index (χ1) is 13.8. The molecule has 1 aromatic carbocycles. The number of carbonyl (C=O) groups is 2. The quantitative estimate of drug-likeness (QED) is 0.433. The molecule has 3 aromatic rings. The van der Waals surface area contributed by atoms with Gasteiger partial charge in [0.25, 0.3) is 5.91 Å². The molecule has 0 aliphatic rings. The van der Waals surface area contributed by atoms with Crippen molar-refractivity contribution in [2.45, 2.75) is 37.1 Å². The molecule has 0 aliphatic carbocycles. The van der Waals surface area contributed by atoms with E-state index in [-0.39, 0.29) is 23.0 Å². The highest BCUT2D eigenvalue weighted by Crippen LogP contribution is 2.26. The van der Waals surface area contributed by atoms with E-state index in [9.17, 15) is 9.59 Å². The van der Waals surface area contributed by atoms with Crippen LogP contribution in [-0.2, 0) is 16.8 Å². The van der Waals surface area contributed by atoms with Gasteiger partial charge in [0.1, 0.15) is 5.76 Å². The number of carbonyl (C=O) groups excluding carboxylic acids is 2. The van der Waals surface area contributed by atoms with E-state index in [1.54, 1.807) is 30.5 Å². The second-order valence-corrected chi connectivity index (χ2v) is 9.50. The van der Waals surface area contributed by atoms with Crippen LogP contribution in [0.4, 0.5) is 5.13 Å². The maximum absolute atomic E-state index is 12.4. The van der Waals surface area contributed by atoms with Crippen LogP contribution in [0.1, 0.15) is 42.5 Å². The number of rotatable bonds is 7. The summed E-state index contributed by atoms with van der Waals surface area (Å²) in [7, 11) is 0. The Bertz CT molecular complexity index is 961. The van der Waals surface area contributed by atoms with Crippen molar-refractivity contribution in [3.05, 3.63) is 59.5 Å². The van der Waals surface area contributed by atoms with Crippen LogP contribution in [0, 0.1) is 0 Å². The average molecular weight is 431 g/mol. The number of hydrogen-bond donors (Lipinski definition) is 2.